The highest BCUT2D eigenvalue weighted by Crippen LogP contribution is 2.17. The van der Waals surface area contributed by atoms with E-state index in [1.807, 2.05) is 18.2 Å². The molecular formula is C58H97NO5. The Balaban J connectivity index is 4.67. The molecule has 3 N–H and O–H groups in total. The fourth-order valence-corrected chi connectivity index (χ4v) is 7.28. The molecule has 0 spiro atoms. The maximum atomic E-state index is 13.2. The summed E-state index contributed by atoms with van der Waals surface area (Å²) in [5.74, 6) is -0.618. The zero-order valence-corrected chi connectivity index (χ0v) is 41.4. The van der Waals surface area contributed by atoms with Crippen molar-refractivity contribution in [3.63, 3.8) is 0 Å². The smallest absolute Gasteiger partial charge is 0.306 e. The maximum Gasteiger partial charge on any atom is 0.306 e. The summed E-state index contributed by atoms with van der Waals surface area (Å²) in [5, 5.41) is 23.8. The molecule has 0 aliphatic rings. The number of aliphatic hydroxyl groups is 2. The first-order chi connectivity index (χ1) is 31.5. The number of esters is 1. The van der Waals surface area contributed by atoms with Gasteiger partial charge in [-0.25, -0.2) is 0 Å². The maximum absolute atomic E-state index is 13.2. The van der Waals surface area contributed by atoms with Crippen LogP contribution in [-0.4, -0.2) is 46.9 Å². The minimum absolute atomic E-state index is 0.0177. The number of ether oxygens (including phenoxy) is 1. The van der Waals surface area contributed by atoms with Gasteiger partial charge in [0, 0.05) is 6.42 Å². The predicted octanol–water partition coefficient (Wildman–Crippen LogP) is 15.9. The normalized spacial score (nSPS) is 14.1. The number of aliphatic hydroxyl groups excluding tert-OH is 2. The summed E-state index contributed by atoms with van der Waals surface area (Å²) in [4.78, 5) is 26.1. The fraction of sp³-hybridized carbons (Fsp3) is 0.655. The molecule has 0 aromatic carbocycles. The Labute approximate surface area is 394 Å². The van der Waals surface area contributed by atoms with E-state index in [9.17, 15) is 19.8 Å². The molecule has 0 saturated heterocycles. The highest BCUT2D eigenvalue weighted by molar-refractivity contribution is 5.77. The summed E-state index contributed by atoms with van der Waals surface area (Å²) < 4.78 is 5.87. The average Bonchev–Trinajstić information content (AvgIpc) is 3.29. The van der Waals surface area contributed by atoms with E-state index in [0.717, 1.165) is 89.9 Å². The van der Waals surface area contributed by atoms with Crippen molar-refractivity contribution in [1.29, 1.82) is 0 Å². The molecule has 0 aromatic rings. The van der Waals surface area contributed by atoms with Gasteiger partial charge in [0.05, 0.1) is 25.2 Å². The number of carbonyl (C=O) groups is 2. The van der Waals surface area contributed by atoms with Gasteiger partial charge < -0.3 is 20.3 Å². The first kappa shape index (κ1) is 60.5. The van der Waals surface area contributed by atoms with E-state index in [-0.39, 0.29) is 31.3 Å². The van der Waals surface area contributed by atoms with Crippen LogP contribution in [0.15, 0.2) is 109 Å². The van der Waals surface area contributed by atoms with E-state index in [2.05, 4.69) is 117 Å². The number of amides is 1. The van der Waals surface area contributed by atoms with Gasteiger partial charge in [0.15, 0.2) is 0 Å². The van der Waals surface area contributed by atoms with Gasteiger partial charge in [-0.3, -0.25) is 9.59 Å². The number of rotatable bonds is 45. The zero-order chi connectivity index (χ0) is 46.7. The van der Waals surface area contributed by atoms with Gasteiger partial charge in [0.1, 0.15) is 6.10 Å². The predicted molar refractivity (Wildman–Crippen MR) is 277 cm³/mol. The third-order valence-corrected chi connectivity index (χ3v) is 11.2. The molecular weight excluding hydrogens is 791 g/mol. The monoisotopic (exact) mass is 888 g/mol. The van der Waals surface area contributed by atoms with Crippen LogP contribution in [0.4, 0.5) is 0 Å². The second kappa shape index (κ2) is 50.5. The molecule has 6 heteroatoms. The van der Waals surface area contributed by atoms with Crippen LogP contribution in [0.5, 0.6) is 0 Å². The standard InChI is InChI=1S/C58H97NO5/c1-4-7-10-13-16-19-22-24-26-27-28-29-31-33-36-39-42-45-48-51-58(63)64-54(49-46-43-40-37-34-21-18-15-12-9-6-3)52-57(62)59-55(53-60)56(61)50-47-44-41-38-35-32-30-25-23-20-17-14-11-8-5-2/h7,9-10,12,15-16,18-19,21,24,26,28-29,33-34,36,42,45,54-56,60-61H,4-6,8,11,13-14,17,20,22-23,25,27,30-32,35,37-41,43-44,46-53H2,1-3H3,(H,59,62)/b10-7-,12-9+,18-15+,19-16-,26-24-,29-28-,34-21-,36-33-,45-42-. The van der Waals surface area contributed by atoms with Gasteiger partial charge >= 0.3 is 5.97 Å². The number of carbonyl (C=O) groups excluding carboxylic acids is 2. The topological polar surface area (TPSA) is 95.9 Å². The molecule has 0 fully saturated rings. The Morgan fingerprint density at radius 2 is 0.922 bits per heavy atom. The molecule has 0 saturated carbocycles. The Morgan fingerprint density at radius 1 is 0.484 bits per heavy atom. The number of nitrogens with one attached hydrogen (secondary N) is 1. The summed E-state index contributed by atoms with van der Waals surface area (Å²) in [6.07, 6.45) is 68.8. The summed E-state index contributed by atoms with van der Waals surface area (Å²) >= 11 is 0. The van der Waals surface area contributed by atoms with Crippen LogP contribution >= 0.6 is 0 Å². The Kier molecular flexibility index (Phi) is 47.8. The van der Waals surface area contributed by atoms with Crippen molar-refractivity contribution in [2.75, 3.05) is 6.61 Å². The van der Waals surface area contributed by atoms with Crippen LogP contribution in [0.25, 0.3) is 0 Å². The van der Waals surface area contributed by atoms with Gasteiger partial charge in [-0.15, -0.1) is 0 Å². The van der Waals surface area contributed by atoms with Crippen molar-refractivity contribution in [2.45, 2.75) is 238 Å². The molecule has 0 aromatic heterocycles. The third kappa shape index (κ3) is 45.1. The highest BCUT2D eigenvalue weighted by Gasteiger charge is 2.24. The van der Waals surface area contributed by atoms with Crippen LogP contribution in [0.2, 0.25) is 0 Å². The largest absolute Gasteiger partial charge is 0.462 e. The third-order valence-electron chi connectivity index (χ3n) is 11.2. The van der Waals surface area contributed by atoms with Crippen LogP contribution in [0, 0.1) is 0 Å². The molecule has 364 valence electrons. The van der Waals surface area contributed by atoms with Crippen LogP contribution in [0.1, 0.15) is 220 Å². The van der Waals surface area contributed by atoms with Crippen LogP contribution in [0.3, 0.4) is 0 Å². The van der Waals surface area contributed by atoms with Gasteiger partial charge in [-0.2, -0.15) is 0 Å². The number of hydrogen-bond donors (Lipinski definition) is 3. The van der Waals surface area contributed by atoms with E-state index < -0.39 is 18.2 Å². The first-order valence-electron chi connectivity index (χ1n) is 26.1. The van der Waals surface area contributed by atoms with Crippen molar-refractivity contribution in [3.8, 4) is 0 Å². The SMILES string of the molecule is CC/C=C\C/C=C\C/C=C\C/C=C\C/C=C\C/C=C\CCC(=O)OC(CCCCC\C=C/C=C/C=C/CC)CC(=O)NC(CO)C(O)CCCCCCCCCCCCCCCCC. The lowest BCUT2D eigenvalue weighted by molar-refractivity contribution is -0.150. The number of unbranched alkanes of at least 4 members (excludes halogenated alkanes) is 17. The van der Waals surface area contributed by atoms with Gasteiger partial charge in [0.25, 0.3) is 0 Å². The van der Waals surface area contributed by atoms with Crippen molar-refractivity contribution >= 4 is 11.9 Å². The van der Waals surface area contributed by atoms with Crippen molar-refractivity contribution in [2.24, 2.45) is 0 Å². The quantitative estimate of drug-likeness (QED) is 0.0245. The lowest BCUT2D eigenvalue weighted by Gasteiger charge is -2.24. The molecule has 3 atom stereocenters. The van der Waals surface area contributed by atoms with Gasteiger partial charge in [0.2, 0.25) is 5.91 Å². The molecule has 0 heterocycles. The van der Waals surface area contributed by atoms with E-state index in [1.54, 1.807) is 0 Å². The molecule has 64 heavy (non-hydrogen) atoms. The van der Waals surface area contributed by atoms with E-state index in [0.29, 0.717) is 19.3 Å². The summed E-state index contributed by atoms with van der Waals surface area (Å²) in [7, 11) is 0. The highest BCUT2D eigenvalue weighted by atomic mass is 16.5. The summed E-state index contributed by atoms with van der Waals surface area (Å²) in [6, 6.07) is -0.734. The molecule has 0 bridgehead atoms. The lowest BCUT2D eigenvalue weighted by Crippen LogP contribution is -2.46. The van der Waals surface area contributed by atoms with Crippen molar-refractivity contribution in [3.05, 3.63) is 109 Å². The fourth-order valence-electron chi connectivity index (χ4n) is 7.28. The van der Waals surface area contributed by atoms with Crippen LogP contribution in [-0.2, 0) is 14.3 Å². The zero-order valence-electron chi connectivity index (χ0n) is 41.4. The second-order valence-electron chi connectivity index (χ2n) is 17.2. The van der Waals surface area contributed by atoms with E-state index >= 15 is 0 Å². The molecule has 6 nitrogen and oxygen atoms in total. The minimum Gasteiger partial charge on any atom is -0.462 e. The van der Waals surface area contributed by atoms with E-state index in [1.165, 1.54) is 77.0 Å². The molecule has 1 amide bonds. The first-order valence-corrected chi connectivity index (χ1v) is 26.1. The molecule has 0 rings (SSSR count). The number of allylic oxidation sites excluding steroid dienone is 18. The Hall–Kier alpha value is -3.48. The summed E-state index contributed by atoms with van der Waals surface area (Å²) in [5.41, 5.74) is 0. The lowest BCUT2D eigenvalue weighted by atomic mass is 10.0. The van der Waals surface area contributed by atoms with Crippen LogP contribution < -0.4 is 5.32 Å². The molecule has 0 aliphatic heterocycles. The Bertz CT molecular complexity index is 1320. The van der Waals surface area contributed by atoms with E-state index in [4.69, 9.17) is 4.74 Å². The summed E-state index contributed by atoms with van der Waals surface area (Å²) in [6.45, 7) is 6.20. The molecule has 0 aliphatic carbocycles. The molecule has 3 unspecified atom stereocenters. The second-order valence-corrected chi connectivity index (χ2v) is 17.2. The van der Waals surface area contributed by atoms with Crippen molar-refractivity contribution in [1.82, 2.24) is 5.32 Å². The Morgan fingerprint density at radius 3 is 1.42 bits per heavy atom. The molecule has 0 radical (unpaired) electrons. The van der Waals surface area contributed by atoms with Gasteiger partial charge in [-0.05, 0) is 83.5 Å². The minimum atomic E-state index is -0.816. The van der Waals surface area contributed by atoms with Crippen molar-refractivity contribution < 1.29 is 24.5 Å². The average molecular weight is 888 g/mol. The van der Waals surface area contributed by atoms with Gasteiger partial charge in [-0.1, -0.05) is 233 Å². The number of hydrogen-bond acceptors (Lipinski definition) is 5.